The molecule has 0 aliphatic heterocycles. The molecule has 3 atom stereocenters. The molecule has 0 radical (unpaired) electrons. The molecule has 18 heavy (non-hydrogen) atoms. The van der Waals surface area contributed by atoms with Gasteiger partial charge in [-0.15, -0.1) is 0 Å². The van der Waals surface area contributed by atoms with Gasteiger partial charge in [0.15, 0.2) is 0 Å². The van der Waals surface area contributed by atoms with Crippen molar-refractivity contribution in [1.82, 2.24) is 9.55 Å². The van der Waals surface area contributed by atoms with Gasteiger partial charge in [-0.3, -0.25) is 0 Å². The van der Waals surface area contributed by atoms with Crippen LogP contribution in [0.3, 0.4) is 0 Å². The van der Waals surface area contributed by atoms with Gasteiger partial charge in [0.2, 0.25) is 5.95 Å². The average molecular weight is 243 g/mol. The molecule has 0 saturated heterocycles. The maximum atomic E-state index is 6.13. The van der Waals surface area contributed by atoms with Crippen LogP contribution in [0.2, 0.25) is 0 Å². The van der Waals surface area contributed by atoms with Crippen LogP contribution in [-0.2, 0) is 0 Å². The van der Waals surface area contributed by atoms with Gasteiger partial charge in [-0.1, -0.05) is 32.4 Å². The summed E-state index contributed by atoms with van der Waals surface area (Å²) in [6.07, 6.45) is 3.81. The quantitative estimate of drug-likeness (QED) is 0.875. The van der Waals surface area contributed by atoms with Crippen LogP contribution >= 0.6 is 0 Å². The Hall–Kier alpha value is -1.51. The second-order valence-corrected chi connectivity index (χ2v) is 5.50. The predicted octanol–water partition coefficient (Wildman–Crippen LogP) is 3.62. The van der Waals surface area contributed by atoms with E-state index in [2.05, 4.69) is 35.5 Å². The lowest BCUT2D eigenvalue weighted by molar-refractivity contribution is 0.336. The van der Waals surface area contributed by atoms with Gasteiger partial charge < -0.3 is 10.3 Å². The summed E-state index contributed by atoms with van der Waals surface area (Å²) in [5.74, 6) is 2.19. The van der Waals surface area contributed by atoms with Crippen molar-refractivity contribution in [3.8, 4) is 0 Å². The Bertz CT molecular complexity index is 558. The van der Waals surface area contributed by atoms with Crippen LogP contribution in [0.5, 0.6) is 0 Å². The predicted molar refractivity (Wildman–Crippen MR) is 75.4 cm³/mol. The minimum absolute atomic E-state index is 0.516. The van der Waals surface area contributed by atoms with E-state index in [0.717, 1.165) is 11.4 Å². The van der Waals surface area contributed by atoms with Crippen molar-refractivity contribution < 1.29 is 0 Å². The lowest BCUT2D eigenvalue weighted by Crippen LogP contribution is -2.17. The molecule has 1 aromatic heterocycles. The number of aromatic nitrogens is 2. The number of imidazole rings is 1. The molecule has 0 spiro atoms. The zero-order valence-electron chi connectivity index (χ0n) is 11.1. The maximum Gasteiger partial charge on any atom is 0.201 e. The van der Waals surface area contributed by atoms with Crippen molar-refractivity contribution in [2.24, 2.45) is 11.8 Å². The number of rotatable bonds is 2. The van der Waals surface area contributed by atoms with Gasteiger partial charge in [0, 0.05) is 6.04 Å². The summed E-state index contributed by atoms with van der Waals surface area (Å²) in [6, 6.07) is 8.77. The van der Waals surface area contributed by atoms with Crippen LogP contribution in [0.25, 0.3) is 11.0 Å². The smallest absolute Gasteiger partial charge is 0.201 e. The fraction of sp³-hybridized carbons (Fsp3) is 0.533. The molecule has 1 fully saturated rings. The molecular formula is C15H21N3. The van der Waals surface area contributed by atoms with E-state index >= 15 is 0 Å². The van der Waals surface area contributed by atoms with Crippen LogP contribution in [0.1, 0.15) is 39.2 Å². The molecule has 1 aliphatic rings. The minimum Gasteiger partial charge on any atom is -0.369 e. The molecule has 1 aromatic carbocycles. The Balaban J connectivity index is 2.07. The van der Waals surface area contributed by atoms with Crippen LogP contribution < -0.4 is 5.73 Å². The summed E-state index contributed by atoms with van der Waals surface area (Å²) in [5, 5.41) is 0. The van der Waals surface area contributed by atoms with E-state index < -0.39 is 0 Å². The van der Waals surface area contributed by atoms with E-state index in [1.807, 2.05) is 12.1 Å². The summed E-state index contributed by atoms with van der Waals surface area (Å²) >= 11 is 0. The topological polar surface area (TPSA) is 43.8 Å². The van der Waals surface area contributed by atoms with Crippen molar-refractivity contribution in [2.45, 2.75) is 39.2 Å². The summed E-state index contributed by atoms with van der Waals surface area (Å²) < 4.78 is 2.26. The Morgan fingerprint density at radius 1 is 1.33 bits per heavy atom. The molecule has 0 bridgehead atoms. The summed E-state index contributed by atoms with van der Waals surface area (Å²) in [5.41, 5.74) is 8.33. The number of benzene rings is 1. The standard InChI is InChI=1S/C15H21N3/c1-3-11-8-9-13(10(11)2)18-14-7-5-4-6-12(14)17-15(18)16/h4-7,10-11,13H,3,8-9H2,1-2H3,(H2,16,17). The van der Waals surface area contributed by atoms with Crippen molar-refractivity contribution in [1.29, 1.82) is 0 Å². The van der Waals surface area contributed by atoms with Gasteiger partial charge >= 0.3 is 0 Å². The van der Waals surface area contributed by atoms with Gasteiger partial charge in [-0.05, 0) is 36.8 Å². The molecule has 3 rings (SSSR count). The van der Waals surface area contributed by atoms with Crippen molar-refractivity contribution in [3.63, 3.8) is 0 Å². The first kappa shape index (κ1) is 11.6. The van der Waals surface area contributed by atoms with Crippen molar-refractivity contribution in [2.75, 3.05) is 5.73 Å². The third-order valence-corrected chi connectivity index (χ3v) is 4.66. The lowest BCUT2D eigenvalue weighted by Gasteiger charge is -2.22. The maximum absolute atomic E-state index is 6.13. The summed E-state index contributed by atoms with van der Waals surface area (Å²) in [7, 11) is 0. The number of hydrogen-bond donors (Lipinski definition) is 1. The highest BCUT2D eigenvalue weighted by Gasteiger charge is 2.34. The highest BCUT2D eigenvalue weighted by molar-refractivity contribution is 5.78. The first-order valence-corrected chi connectivity index (χ1v) is 6.94. The van der Waals surface area contributed by atoms with Gasteiger partial charge in [0.05, 0.1) is 11.0 Å². The van der Waals surface area contributed by atoms with E-state index in [0.29, 0.717) is 17.9 Å². The van der Waals surface area contributed by atoms with E-state index in [1.165, 1.54) is 24.8 Å². The highest BCUT2D eigenvalue weighted by Crippen LogP contribution is 2.43. The number of nitrogens with zero attached hydrogens (tertiary/aromatic N) is 2. The number of fused-ring (bicyclic) bond motifs is 1. The third-order valence-electron chi connectivity index (χ3n) is 4.66. The van der Waals surface area contributed by atoms with Gasteiger partial charge in [-0.2, -0.15) is 0 Å². The Morgan fingerprint density at radius 2 is 2.11 bits per heavy atom. The number of nitrogens with two attached hydrogens (primary N) is 1. The summed E-state index contributed by atoms with van der Waals surface area (Å²) in [6.45, 7) is 4.65. The van der Waals surface area contributed by atoms with Crippen LogP contribution in [0.15, 0.2) is 24.3 Å². The lowest BCUT2D eigenvalue weighted by atomic mass is 9.93. The minimum atomic E-state index is 0.516. The molecule has 3 heteroatoms. The molecule has 2 N–H and O–H groups in total. The molecule has 1 aliphatic carbocycles. The Morgan fingerprint density at radius 3 is 2.83 bits per heavy atom. The molecule has 0 amide bonds. The highest BCUT2D eigenvalue weighted by atomic mass is 15.2. The monoisotopic (exact) mass is 243 g/mol. The largest absolute Gasteiger partial charge is 0.369 e. The van der Waals surface area contributed by atoms with Gasteiger partial charge in [0.25, 0.3) is 0 Å². The summed E-state index contributed by atoms with van der Waals surface area (Å²) in [4.78, 5) is 4.48. The third kappa shape index (κ3) is 1.61. The van der Waals surface area contributed by atoms with E-state index in [-0.39, 0.29) is 0 Å². The van der Waals surface area contributed by atoms with Crippen LogP contribution in [0.4, 0.5) is 5.95 Å². The SMILES string of the molecule is CCC1CCC(n2c(N)nc3ccccc32)C1C. The molecular weight excluding hydrogens is 222 g/mol. The number of hydrogen-bond acceptors (Lipinski definition) is 2. The van der Waals surface area contributed by atoms with Crippen LogP contribution in [-0.4, -0.2) is 9.55 Å². The first-order chi connectivity index (χ1) is 8.72. The zero-order chi connectivity index (χ0) is 12.7. The molecule has 3 nitrogen and oxygen atoms in total. The molecule has 1 saturated carbocycles. The fourth-order valence-corrected chi connectivity index (χ4v) is 3.58. The number of para-hydroxylation sites is 2. The van der Waals surface area contributed by atoms with Gasteiger partial charge in [0.1, 0.15) is 0 Å². The van der Waals surface area contributed by atoms with E-state index in [4.69, 9.17) is 5.73 Å². The Labute approximate surface area is 108 Å². The molecule has 96 valence electrons. The first-order valence-electron chi connectivity index (χ1n) is 6.94. The normalized spacial score (nSPS) is 28.0. The van der Waals surface area contributed by atoms with E-state index in [1.54, 1.807) is 0 Å². The number of nitrogen functional groups attached to an aromatic ring is 1. The second kappa shape index (κ2) is 4.30. The van der Waals surface area contributed by atoms with Gasteiger partial charge in [-0.25, -0.2) is 4.98 Å². The average Bonchev–Trinajstić information content (AvgIpc) is 2.88. The second-order valence-electron chi connectivity index (χ2n) is 5.50. The Kier molecular flexibility index (Phi) is 2.77. The zero-order valence-corrected chi connectivity index (χ0v) is 11.1. The van der Waals surface area contributed by atoms with Crippen LogP contribution in [0, 0.1) is 11.8 Å². The van der Waals surface area contributed by atoms with E-state index in [9.17, 15) is 0 Å². The molecule has 2 aromatic rings. The van der Waals surface area contributed by atoms with Crippen molar-refractivity contribution in [3.05, 3.63) is 24.3 Å². The number of anilines is 1. The molecule has 3 unspecified atom stereocenters. The molecule has 1 heterocycles. The fourth-order valence-electron chi connectivity index (χ4n) is 3.58. The van der Waals surface area contributed by atoms with Crippen molar-refractivity contribution >= 4 is 17.0 Å².